The van der Waals surface area contributed by atoms with E-state index in [-0.39, 0.29) is 29.5 Å². The molecule has 1 amide bonds. The van der Waals surface area contributed by atoms with Gasteiger partial charge in [0.2, 0.25) is 0 Å². The molecule has 0 aliphatic carbocycles. The molecule has 0 radical (unpaired) electrons. The van der Waals surface area contributed by atoms with Crippen LogP contribution < -0.4 is 9.64 Å². The number of amides is 1. The summed E-state index contributed by atoms with van der Waals surface area (Å²) in [4.78, 5) is 29.5. The van der Waals surface area contributed by atoms with Crippen LogP contribution in [0.3, 0.4) is 0 Å². The van der Waals surface area contributed by atoms with Gasteiger partial charge in [-0.1, -0.05) is 18.2 Å². The lowest BCUT2D eigenvalue weighted by molar-refractivity contribution is -0.140. The van der Waals surface area contributed by atoms with Crippen molar-refractivity contribution in [1.29, 1.82) is 0 Å². The molecule has 3 aliphatic rings. The Morgan fingerprint density at radius 3 is 2.76 bits per heavy atom. The molecule has 2 saturated heterocycles. The Kier molecular flexibility index (Phi) is 5.54. The van der Waals surface area contributed by atoms with E-state index < -0.39 is 23.5 Å². The van der Waals surface area contributed by atoms with Gasteiger partial charge in [0, 0.05) is 31.3 Å². The predicted molar refractivity (Wildman–Crippen MR) is 120 cm³/mol. The van der Waals surface area contributed by atoms with Crippen molar-refractivity contribution in [2.75, 3.05) is 38.3 Å². The SMILES string of the molecule is CN1CCOc2ccc(/C(O)=C3\C(=O)C(=O)N(CC4CCCO4)C3c3ccccc3F)cc21. The fourth-order valence-electron chi connectivity index (χ4n) is 4.75. The number of aliphatic hydroxyl groups is 1. The molecule has 0 saturated carbocycles. The fourth-order valence-corrected chi connectivity index (χ4v) is 4.75. The first kappa shape index (κ1) is 21.5. The zero-order valence-corrected chi connectivity index (χ0v) is 18.3. The van der Waals surface area contributed by atoms with Crippen molar-refractivity contribution in [3.8, 4) is 5.75 Å². The van der Waals surface area contributed by atoms with E-state index in [1.807, 2.05) is 11.9 Å². The normalized spacial score (nSPS) is 24.2. The molecule has 7 nitrogen and oxygen atoms in total. The lowest BCUT2D eigenvalue weighted by atomic mass is 9.94. The van der Waals surface area contributed by atoms with Crippen molar-refractivity contribution >= 4 is 23.1 Å². The number of benzene rings is 2. The second-order valence-electron chi connectivity index (χ2n) is 8.56. The number of carbonyl (C=O) groups excluding carboxylic acids is 2. The first-order chi connectivity index (χ1) is 16.0. The summed E-state index contributed by atoms with van der Waals surface area (Å²) in [6.45, 7) is 1.97. The summed E-state index contributed by atoms with van der Waals surface area (Å²) < 4.78 is 26.2. The van der Waals surface area contributed by atoms with Gasteiger partial charge in [-0.3, -0.25) is 9.59 Å². The molecule has 3 heterocycles. The third-order valence-electron chi connectivity index (χ3n) is 6.49. The van der Waals surface area contributed by atoms with E-state index in [0.717, 1.165) is 18.5 Å². The molecule has 1 N–H and O–H groups in total. The number of Topliss-reactive ketones (excluding diaryl/α,β-unsaturated/α-hetero) is 1. The van der Waals surface area contributed by atoms with Gasteiger partial charge in [0.15, 0.2) is 0 Å². The molecule has 0 aromatic heterocycles. The van der Waals surface area contributed by atoms with Crippen LogP contribution in [0.2, 0.25) is 0 Å². The monoisotopic (exact) mass is 452 g/mol. The second-order valence-corrected chi connectivity index (χ2v) is 8.56. The molecule has 2 fully saturated rings. The van der Waals surface area contributed by atoms with Gasteiger partial charge in [0.1, 0.15) is 23.9 Å². The Labute approximate surface area is 191 Å². The molecule has 3 aliphatic heterocycles. The highest BCUT2D eigenvalue weighted by molar-refractivity contribution is 6.46. The van der Waals surface area contributed by atoms with Crippen LogP contribution in [0.25, 0.3) is 5.76 Å². The molecule has 0 spiro atoms. The Morgan fingerprint density at radius 1 is 1.18 bits per heavy atom. The smallest absolute Gasteiger partial charge is 0.295 e. The highest BCUT2D eigenvalue weighted by Crippen LogP contribution is 2.42. The van der Waals surface area contributed by atoms with E-state index in [2.05, 4.69) is 0 Å². The van der Waals surface area contributed by atoms with Gasteiger partial charge in [-0.2, -0.15) is 0 Å². The van der Waals surface area contributed by atoms with Crippen LogP contribution in [-0.2, 0) is 14.3 Å². The number of hydrogen-bond acceptors (Lipinski definition) is 6. The quantitative estimate of drug-likeness (QED) is 0.436. The summed E-state index contributed by atoms with van der Waals surface area (Å²) in [6.07, 6.45) is 1.39. The summed E-state index contributed by atoms with van der Waals surface area (Å²) in [5.74, 6) is -1.81. The fraction of sp³-hybridized carbons (Fsp3) is 0.360. The second kappa shape index (κ2) is 8.51. The third kappa shape index (κ3) is 3.74. The molecule has 2 atom stereocenters. The molecule has 0 bridgehead atoms. The van der Waals surface area contributed by atoms with E-state index in [4.69, 9.17) is 9.47 Å². The zero-order valence-electron chi connectivity index (χ0n) is 18.3. The molecule has 5 rings (SSSR count). The standard InChI is InChI=1S/C25H25FN2O5/c1-27-10-12-33-20-9-8-15(13-19(20)27)23(29)21-22(17-6-2-3-7-18(17)26)28(25(31)24(21)30)14-16-5-4-11-32-16/h2-3,6-9,13,16,22,29H,4-5,10-12,14H2,1H3/b23-21+. The lowest BCUT2D eigenvalue weighted by Gasteiger charge is -2.29. The van der Waals surface area contributed by atoms with Crippen molar-refractivity contribution < 1.29 is 28.6 Å². The van der Waals surface area contributed by atoms with Gasteiger partial charge >= 0.3 is 0 Å². The molecule has 172 valence electrons. The van der Waals surface area contributed by atoms with Gasteiger partial charge in [-0.15, -0.1) is 0 Å². The highest BCUT2D eigenvalue weighted by atomic mass is 19.1. The lowest BCUT2D eigenvalue weighted by Crippen LogP contribution is -2.36. The first-order valence-corrected chi connectivity index (χ1v) is 11.1. The number of likely N-dealkylation sites (tertiary alicyclic amines) is 1. The van der Waals surface area contributed by atoms with E-state index in [9.17, 15) is 19.1 Å². The van der Waals surface area contributed by atoms with Gasteiger partial charge in [-0.25, -0.2) is 4.39 Å². The number of fused-ring (bicyclic) bond motifs is 1. The predicted octanol–water partition coefficient (Wildman–Crippen LogP) is 3.26. The topological polar surface area (TPSA) is 79.3 Å². The Balaban J connectivity index is 1.63. The van der Waals surface area contributed by atoms with E-state index in [0.29, 0.717) is 31.1 Å². The average Bonchev–Trinajstić information content (AvgIpc) is 3.42. The summed E-state index contributed by atoms with van der Waals surface area (Å²) in [7, 11) is 1.91. The minimum atomic E-state index is -1.04. The number of halogens is 1. The number of aliphatic hydroxyl groups excluding tert-OH is 1. The maximum atomic E-state index is 14.9. The van der Waals surface area contributed by atoms with E-state index in [1.54, 1.807) is 30.3 Å². The number of ether oxygens (including phenoxy) is 2. The first-order valence-electron chi connectivity index (χ1n) is 11.1. The van der Waals surface area contributed by atoms with Crippen LogP contribution in [0.1, 0.15) is 30.0 Å². The number of nitrogens with zero attached hydrogens (tertiary/aromatic N) is 2. The van der Waals surface area contributed by atoms with Gasteiger partial charge < -0.3 is 24.4 Å². The van der Waals surface area contributed by atoms with Crippen molar-refractivity contribution in [1.82, 2.24) is 4.90 Å². The van der Waals surface area contributed by atoms with Gasteiger partial charge in [-0.05, 0) is 37.1 Å². The molecular formula is C25H25FN2O5. The Hall–Kier alpha value is -3.39. The Morgan fingerprint density at radius 2 is 2.00 bits per heavy atom. The molecule has 2 aromatic rings. The summed E-state index contributed by atoms with van der Waals surface area (Å²) in [6, 6.07) is 10.1. The van der Waals surface area contributed by atoms with Crippen molar-refractivity contribution in [3.63, 3.8) is 0 Å². The van der Waals surface area contributed by atoms with Crippen LogP contribution in [-0.4, -0.2) is 61.2 Å². The van der Waals surface area contributed by atoms with Crippen LogP contribution in [0.15, 0.2) is 48.0 Å². The average molecular weight is 452 g/mol. The van der Waals surface area contributed by atoms with Crippen LogP contribution in [0.5, 0.6) is 5.75 Å². The molecule has 2 aromatic carbocycles. The number of ketones is 1. The van der Waals surface area contributed by atoms with Gasteiger partial charge in [0.25, 0.3) is 11.7 Å². The van der Waals surface area contributed by atoms with Crippen molar-refractivity contribution in [2.45, 2.75) is 25.0 Å². The van der Waals surface area contributed by atoms with Gasteiger partial charge in [0.05, 0.1) is 30.0 Å². The summed E-state index contributed by atoms with van der Waals surface area (Å²) in [5, 5.41) is 11.3. The van der Waals surface area contributed by atoms with Crippen LogP contribution >= 0.6 is 0 Å². The number of carbonyl (C=O) groups is 2. The number of hydrogen-bond donors (Lipinski definition) is 1. The number of anilines is 1. The highest BCUT2D eigenvalue weighted by Gasteiger charge is 2.47. The molecule has 8 heteroatoms. The van der Waals surface area contributed by atoms with Crippen LogP contribution in [0.4, 0.5) is 10.1 Å². The zero-order chi connectivity index (χ0) is 23.1. The molecular weight excluding hydrogens is 427 g/mol. The van der Waals surface area contributed by atoms with Crippen molar-refractivity contribution in [2.24, 2.45) is 0 Å². The summed E-state index contributed by atoms with van der Waals surface area (Å²) in [5.41, 5.74) is 1.17. The summed E-state index contributed by atoms with van der Waals surface area (Å²) >= 11 is 0. The number of rotatable bonds is 4. The number of likely N-dealkylation sites (N-methyl/N-ethyl adjacent to an activating group) is 1. The maximum absolute atomic E-state index is 14.9. The van der Waals surface area contributed by atoms with Crippen LogP contribution in [0, 0.1) is 5.82 Å². The largest absolute Gasteiger partial charge is 0.507 e. The molecule has 33 heavy (non-hydrogen) atoms. The van der Waals surface area contributed by atoms with Crippen molar-refractivity contribution in [3.05, 3.63) is 65.0 Å². The van der Waals surface area contributed by atoms with E-state index >= 15 is 0 Å². The Bertz CT molecular complexity index is 1140. The maximum Gasteiger partial charge on any atom is 0.295 e. The minimum absolute atomic E-state index is 0.123. The van der Waals surface area contributed by atoms with E-state index in [1.165, 1.54) is 17.0 Å². The third-order valence-corrected chi connectivity index (χ3v) is 6.49. The minimum Gasteiger partial charge on any atom is -0.507 e. The molecule has 2 unspecified atom stereocenters.